The van der Waals surface area contributed by atoms with Crippen molar-refractivity contribution in [3.63, 3.8) is 0 Å². The predicted octanol–water partition coefficient (Wildman–Crippen LogP) is 13.5. The normalized spacial score (nSPS) is 11.8. The number of hydrogen-bond acceptors (Lipinski definition) is 7. The second-order valence-corrected chi connectivity index (χ2v) is 19.7. The van der Waals surface area contributed by atoms with Crippen molar-refractivity contribution < 1.29 is 23.1 Å². The molecule has 0 aliphatic carbocycles. The predicted molar refractivity (Wildman–Crippen MR) is 272 cm³/mol. The van der Waals surface area contributed by atoms with Crippen LogP contribution in [0.25, 0.3) is 44.2 Å². The highest BCUT2D eigenvalue weighted by Gasteiger charge is 2.32. The Morgan fingerprint density at radius 2 is 0.983 bits per heavy atom. The van der Waals surface area contributed by atoms with E-state index in [-0.39, 0.29) is 5.78 Å². The Hall–Kier alpha value is -1.93. The molecule has 0 saturated heterocycles. The van der Waals surface area contributed by atoms with Gasteiger partial charge in [0.2, 0.25) is 0 Å². The van der Waals surface area contributed by atoms with Gasteiger partial charge in [-0.2, -0.15) is 0 Å². The lowest BCUT2D eigenvalue weighted by atomic mass is 9.87. The van der Waals surface area contributed by atoms with Gasteiger partial charge in [-0.3, -0.25) is 4.79 Å². The van der Waals surface area contributed by atoms with Gasteiger partial charge in [0.15, 0.2) is 5.78 Å². The van der Waals surface area contributed by atoms with E-state index in [1.165, 1.54) is 0 Å². The van der Waals surface area contributed by atoms with Crippen molar-refractivity contribution in [2.24, 2.45) is 0 Å². The fourth-order valence-corrected chi connectivity index (χ4v) is 11.9. The van der Waals surface area contributed by atoms with Gasteiger partial charge in [0.25, 0.3) is 0 Å². The molecule has 0 aliphatic rings. The molecule has 0 N–H and O–H groups in total. The third kappa shape index (κ3) is 10.2. The first-order valence-electron chi connectivity index (χ1n) is 20.1. The van der Waals surface area contributed by atoms with Gasteiger partial charge >= 0.3 is 0 Å². The molecule has 6 rings (SSSR count). The van der Waals surface area contributed by atoms with E-state index in [0.717, 1.165) is 146 Å². The molecule has 2 aromatic heterocycles. The van der Waals surface area contributed by atoms with Crippen LogP contribution in [0.5, 0.6) is 11.5 Å². The van der Waals surface area contributed by atoms with Gasteiger partial charge in [-0.15, -0.1) is 0 Å². The molecule has 6 aromatic rings. The number of benzene rings is 4. The number of furan rings is 2. The number of nitrogens with zero attached hydrogens (tertiary/aromatic N) is 2. The molecular weight excluding hydrogens is 1180 g/mol. The summed E-state index contributed by atoms with van der Waals surface area (Å²) in [5, 5.41) is 1.99. The summed E-state index contributed by atoms with van der Waals surface area (Å²) in [4.78, 5) is 20.3. The van der Waals surface area contributed by atoms with E-state index in [0.29, 0.717) is 24.3 Å². The Morgan fingerprint density at radius 1 is 0.586 bits per heavy atom. The maximum absolute atomic E-state index is 15.9. The zero-order valence-electron chi connectivity index (χ0n) is 34.2. The van der Waals surface area contributed by atoms with Gasteiger partial charge in [-0.1, -0.05) is 63.1 Å². The number of fused-ring (bicyclic) bond motifs is 2. The zero-order valence-corrected chi connectivity index (χ0v) is 42.8. The van der Waals surface area contributed by atoms with Crippen molar-refractivity contribution in [1.82, 2.24) is 9.80 Å². The first-order chi connectivity index (χ1) is 28.0. The molecule has 4 aromatic carbocycles. The summed E-state index contributed by atoms with van der Waals surface area (Å²) >= 11 is 9.53. The standard InChI is InChI=1S/C47H52I4N2O5/c1-7-9-19-37-39(29-17-11-13-21-35(29)57-37)41-31(27-33(48)46(43(41)50)55-25-15-23-52(3)4)45(54)32-28-34(49)47(56-26-16-24-53(5)6)44(51)42(32)40-30-18-12-14-22-36(30)58-38(40)20-10-8-2/h11-14,17-18,21-22,27-28H,7-10,15-16,19-20,23-26H2,1-6H3. The van der Waals surface area contributed by atoms with Crippen LogP contribution in [-0.4, -0.2) is 70.1 Å². The maximum Gasteiger partial charge on any atom is 0.194 e. The molecule has 0 saturated carbocycles. The molecule has 11 heteroatoms. The third-order valence-corrected chi connectivity index (χ3v) is 13.8. The molecule has 0 bridgehead atoms. The molecule has 0 amide bonds. The van der Waals surface area contributed by atoms with Gasteiger partial charge in [-0.25, -0.2) is 0 Å². The highest BCUT2D eigenvalue weighted by atomic mass is 127. The summed E-state index contributed by atoms with van der Waals surface area (Å²) in [5.74, 6) is 3.32. The summed E-state index contributed by atoms with van der Waals surface area (Å²) in [5.41, 5.74) is 6.52. The topological polar surface area (TPSA) is 68.3 Å². The summed E-state index contributed by atoms with van der Waals surface area (Å²) in [6.07, 6.45) is 7.27. The first-order valence-corrected chi connectivity index (χ1v) is 24.4. The largest absolute Gasteiger partial charge is 0.491 e. The SMILES string of the molecule is CCCCc1oc2ccccc2c1-c1c(C(=O)c2cc(I)c(OCCCN(C)C)c(I)c2-c2c(CCCC)oc3ccccc23)cc(I)c(OCCCN(C)C)c1I. The van der Waals surface area contributed by atoms with E-state index in [1.54, 1.807) is 0 Å². The van der Waals surface area contributed by atoms with Crippen LogP contribution in [0.2, 0.25) is 0 Å². The smallest absolute Gasteiger partial charge is 0.194 e. The average molecular weight is 1230 g/mol. The molecule has 308 valence electrons. The summed E-state index contributed by atoms with van der Waals surface area (Å²) in [6.45, 7) is 7.36. The van der Waals surface area contributed by atoms with E-state index in [2.05, 4.69) is 154 Å². The monoisotopic (exact) mass is 1230 g/mol. The van der Waals surface area contributed by atoms with Crippen molar-refractivity contribution in [3.8, 4) is 33.8 Å². The van der Waals surface area contributed by atoms with Crippen LogP contribution in [0.4, 0.5) is 0 Å². The Kier molecular flexibility index (Phi) is 16.7. The first kappa shape index (κ1) is 45.6. The van der Waals surface area contributed by atoms with Gasteiger partial charge in [0.1, 0.15) is 34.2 Å². The summed E-state index contributed by atoms with van der Waals surface area (Å²) in [7, 11) is 8.31. The quantitative estimate of drug-likeness (QED) is 0.0429. The molecular formula is C47H52I4N2O5. The van der Waals surface area contributed by atoms with Crippen molar-refractivity contribution >= 4 is 118 Å². The molecule has 0 fully saturated rings. The van der Waals surface area contributed by atoms with E-state index >= 15 is 4.79 Å². The Labute approximate surface area is 397 Å². The number of ether oxygens (including phenoxy) is 2. The van der Waals surface area contributed by atoms with Gasteiger partial charge < -0.3 is 28.1 Å². The minimum absolute atomic E-state index is 0.0616. The number of carbonyl (C=O) groups excluding carboxylic acids is 1. The molecule has 0 aliphatic heterocycles. The maximum atomic E-state index is 15.9. The average Bonchev–Trinajstić information content (AvgIpc) is 3.75. The Morgan fingerprint density at radius 3 is 1.36 bits per heavy atom. The zero-order chi connectivity index (χ0) is 41.5. The van der Waals surface area contributed by atoms with Crippen LogP contribution in [0.3, 0.4) is 0 Å². The van der Waals surface area contributed by atoms with Crippen molar-refractivity contribution in [1.29, 1.82) is 0 Å². The lowest BCUT2D eigenvalue weighted by Gasteiger charge is -2.21. The van der Waals surface area contributed by atoms with Crippen LogP contribution >= 0.6 is 90.4 Å². The van der Waals surface area contributed by atoms with Gasteiger partial charge in [0, 0.05) is 70.1 Å². The molecule has 0 atom stereocenters. The minimum atomic E-state index is -0.0616. The number of aryl methyl sites for hydroxylation is 2. The molecule has 0 radical (unpaired) electrons. The van der Waals surface area contributed by atoms with E-state index in [9.17, 15) is 0 Å². The lowest BCUT2D eigenvalue weighted by molar-refractivity contribution is 0.103. The number of ketones is 1. The third-order valence-electron chi connectivity index (χ3n) is 10.2. The number of halogens is 4. The van der Waals surface area contributed by atoms with Crippen LogP contribution in [-0.2, 0) is 12.8 Å². The number of para-hydroxylation sites is 2. The Balaban J connectivity index is 1.64. The lowest BCUT2D eigenvalue weighted by Crippen LogP contribution is -2.17. The van der Waals surface area contributed by atoms with Crippen molar-refractivity contribution in [2.75, 3.05) is 54.5 Å². The van der Waals surface area contributed by atoms with E-state index in [4.69, 9.17) is 18.3 Å². The minimum Gasteiger partial charge on any atom is -0.491 e. The summed E-state index contributed by atoms with van der Waals surface area (Å²) < 4.78 is 30.1. The second-order valence-electron chi connectivity index (χ2n) is 15.2. The highest BCUT2D eigenvalue weighted by molar-refractivity contribution is 14.1. The van der Waals surface area contributed by atoms with Crippen molar-refractivity contribution in [2.45, 2.75) is 65.2 Å². The van der Waals surface area contributed by atoms with Gasteiger partial charge in [0.05, 0.1) is 27.5 Å². The summed E-state index contributed by atoms with van der Waals surface area (Å²) in [6, 6.07) is 20.5. The number of rotatable bonds is 20. The number of carbonyl (C=O) groups is 1. The second kappa shape index (κ2) is 21.2. The van der Waals surface area contributed by atoms with Crippen LogP contribution in [0, 0.1) is 14.3 Å². The van der Waals surface area contributed by atoms with Gasteiger partial charge in [-0.05, 0) is 169 Å². The number of unbranched alkanes of at least 4 members (excludes halogenated alkanes) is 2. The molecule has 7 nitrogen and oxygen atoms in total. The van der Waals surface area contributed by atoms with E-state index < -0.39 is 0 Å². The molecule has 2 heterocycles. The fraction of sp³-hybridized carbons (Fsp3) is 0.383. The molecule has 0 unspecified atom stereocenters. The fourth-order valence-electron chi connectivity index (χ4n) is 7.34. The van der Waals surface area contributed by atoms with Crippen molar-refractivity contribution in [3.05, 3.63) is 97.6 Å². The van der Waals surface area contributed by atoms with E-state index in [1.807, 2.05) is 48.5 Å². The van der Waals surface area contributed by atoms with Crippen LogP contribution in [0.15, 0.2) is 69.5 Å². The van der Waals surface area contributed by atoms with Crippen LogP contribution in [0.1, 0.15) is 79.8 Å². The van der Waals surface area contributed by atoms with Crippen LogP contribution < -0.4 is 9.47 Å². The number of hydrogen-bond donors (Lipinski definition) is 0. The molecule has 0 spiro atoms. The molecule has 58 heavy (non-hydrogen) atoms. The highest BCUT2D eigenvalue weighted by Crippen LogP contribution is 2.48. The Bertz CT molecular complexity index is 2220.